The minimum absolute atomic E-state index is 0.0480. The molecule has 1 amide bonds. The molecule has 112 valence electrons. The molecule has 20 heavy (non-hydrogen) atoms. The molecule has 4 nitrogen and oxygen atoms in total. The molecule has 0 spiro atoms. The Morgan fingerprint density at radius 3 is 2.60 bits per heavy atom. The summed E-state index contributed by atoms with van der Waals surface area (Å²) in [7, 11) is 3.49. The highest BCUT2D eigenvalue weighted by Gasteiger charge is 2.21. The van der Waals surface area contributed by atoms with Gasteiger partial charge in [-0.05, 0) is 38.1 Å². The highest BCUT2D eigenvalue weighted by atomic mass is 35.5. The predicted molar refractivity (Wildman–Crippen MR) is 82.1 cm³/mol. The van der Waals surface area contributed by atoms with Crippen molar-refractivity contribution >= 4 is 17.5 Å². The molecular formula is C15H23ClN2O2. The van der Waals surface area contributed by atoms with Crippen molar-refractivity contribution in [2.45, 2.75) is 26.3 Å². The van der Waals surface area contributed by atoms with E-state index in [1.807, 2.05) is 11.8 Å². The summed E-state index contributed by atoms with van der Waals surface area (Å²) in [6.45, 7) is 5.16. The number of likely N-dealkylation sites (N-methyl/N-ethyl adjacent to an activating group) is 1. The number of phenols is 1. The highest BCUT2D eigenvalue weighted by Crippen LogP contribution is 2.30. The van der Waals surface area contributed by atoms with E-state index < -0.39 is 0 Å². The van der Waals surface area contributed by atoms with Crippen LogP contribution in [-0.2, 0) is 4.79 Å². The first-order valence-corrected chi connectivity index (χ1v) is 7.17. The van der Waals surface area contributed by atoms with Crippen LogP contribution >= 0.6 is 11.6 Å². The van der Waals surface area contributed by atoms with Gasteiger partial charge in [-0.2, -0.15) is 0 Å². The van der Waals surface area contributed by atoms with Gasteiger partial charge in [0.2, 0.25) is 5.91 Å². The monoisotopic (exact) mass is 298 g/mol. The smallest absolute Gasteiger partial charge is 0.236 e. The van der Waals surface area contributed by atoms with E-state index in [0.29, 0.717) is 11.6 Å². The van der Waals surface area contributed by atoms with Gasteiger partial charge in [0.1, 0.15) is 5.75 Å². The highest BCUT2D eigenvalue weighted by molar-refractivity contribution is 6.30. The van der Waals surface area contributed by atoms with Gasteiger partial charge < -0.3 is 10.0 Å². The standard InChI is InChI=1S/C15H23ClN2O2/c1-5-8-18(10-15(20)17(3)4)11(2)13-9-12(16)6-7-14(13)19/h6-7,9,11,19H,5,8,10H2,1-4H3. The van der Waals surface area contributed by atoms with Crippen molar-refractivity contribution in [2.24, 2.45) is 0 Å². The summed E-state index contributed by atoms with van der Waals surface area (Å²) in [4.78, 5) is 15.5. The van der Waals surface area contributed by atoms with Gasteiger partial charge >= 0.3 is 0 Å². The molecule has 0 bridgehead atoms. The van der Waals surface area contributed by atoms with Gasteiger partial charge in [0.15, 0.2) is 0 Å². The number of phenolic OH excluding ortho intramolecular Hbond substituents is 1. The van der Waals surface area contributed by atoms with Crippen molar-refractivity contribution in [1.82, 2.24) is 9.80 Å². The zero-order valence-corrected chi connectivity index (χ0v) is 13.3. The van der Waals surface area contributed by atoms with Crippen LogP contribution in [-0.4, -0.2) is 48.0 Å². The van der Waals surface area contributed by atoms with Crippen LogP contribution in [0.4, 0.5) is 0 Å². The molecule has 1 rings (SSSR count). The van der Waals surface area contributed by atoms with Crippen LogP contribution in [0.3, 0.4) is 0 Å². The summed E-state index contributed by atoms with van der Waals surface area (Å²) in [5, 5.41) is 10.6. The summed E-state index contributed by atoms with van der Waals surface area (Å²) in [6, 6.07) is 4.93. The van der Waals surface area contributed by atoms with Crippen molar-refractivity contribution in [1.29, 1.82) is 0 Å². The maximum atomic E-state index is 11.9. The molecule has 5 heteroatoms. The summed E-state index contributed by atoms with van der Waals surface area (Å²) < 4.78 is 0. The first kappa shape index (κ1) is 16.8. The predicted octanol–water partition coefficient (Wildman–Crippen LogP) is 2.91. The molecule has 1 atom stereocenters. The van der Waals surface area contributed by atoms with E-state index in [-0.39, 0.29) is 17.7 Å². The minimum Gasteiger partial charge on any atom is -0.508 e. The molecule has 0 heterocycles. The average molecular weight is 299 g/mol. The van der Waals surface area contributed by atoms with Gasteiger partial charge in [0.05, 0.1) is 6.54 Å². The second kappa shape index (κ2) is 7.50. The molecule has 0 saturated carbocycles. The van der Waals surface area contributed by atoms with Gasteiger partial charge in [-0.25, -0.2) is 0 Å². The third-order valence-corrected chi connectivity index (χ3v) is 3.57. The lowest BCUT2D eigenvalue weighted by Crippen LogP contribution is -2.38. The van der Waals surface area contributed by atoms with Gasteiger partial charge in [0, 0.05) is 30.7 Å². The Balaban J connectivity index is 2.95. The second-order valence-corrected chi connectivity index (χ2v) is 5.57. The van der Waals surface area contributed by atoms with Crippen LogP contribution in [0.1, 0.15) is 31.9 Å². The third kappa shape index (κ3) is 4.39. The quantitative estimate of drug-likeness (QED) is 0.878. The molecule has 0 fully saturated rings. The number of benzene rings is 1. The third-order valence-electron chi connectivity index (χ3n) is 3.34. The Bertz CT molecular complexity index is 463. The lowest BCUT2D eigenvalue weighted by Gasteiger charge is -2.30. The second-order valence-electron chi connectivity index (χ2n) is 5.14. The maximum Gasteiger partial charge on any atom is 0.236 e. The Hall–Kier alpha value is -1.26. The van der Waals surface area contributed by atoms with Crippen molar-refractivity contribution < 1.29 is 9.90 Å². The molecule has 0 radical (unpaired) electrons. The van der Waals surface area contributed by atoms with E-state index in [9.17, 15) is 9.90 Å². The van der Waals surface area contributed by atoms with Crippen LogP contribution in [0, 0.1) is 0 Å². The molecule has 0 aliphatic heterocycles. The van der Waals surface area contributed by atoms with Gasteiger partial charge in [-0.1, -0.05) is 18.5 Å². The van der Waals surface area contributed by atoms with Gasteiger partial charge in [-0.3, -0.25) is 9.69 Å². The number of hydrogen-bond donors (Lipinski definition) is 1. The van der Waals surface area contributed by atoms with Crippen molar-refractivity contribution in [3.63, 3.8) is 0 Å². The van der Waals surface area contributed by atoms with Crippen molar-refractivity contribution in [3.05, 3.63) is 28.8 Å². The van der Waals surface area contributed by atoms with Crippen LogP contribution in [0.15, 0.2) is 18.2 Å². The van der Waals surface area contributed by atoms with E-state index in [1.54, 1.807) is 37.2 Å². The van der Waals surface area contributed by atoms with Crippen molar-refractivity contribution in [3.8, 4) is 5.75 Å². The van der Waals surface area contributed by atoms with Crippen molar-refractivity contribution in [2.75, 3.05) is 27.2 Å². The fourth-order valence-electron chi connectivity index (χ4n) is 2.07. The number of hydrogen-bond acceptors (Lipinski definition) is 3. The Morgan fingerprint density at radius 1 is 1.40 bits per heavy atom. The average Bonchev–Trinajstić information content (AvgIpc) is 2.40. The van der Waals surface area contributed by atoms with Gasteiger partial charge in [-0.15, -0.1) is 0 Å². The summed E-state index contributed by atoms with van der Waals surface area (Å²) >= 11 is 5.99. The molecule has 1 aromatic carbocycles. The molecule has 0 aromatic heterocycles. The van der Waals surface area contributed by atoms with E-state index in [1.165, 1.54) is 0 Å². The summed E-state index contributed by atoms with van der Waals surface area (Å²) in [6.07, 6.45) is 0.937. The van der Waals surface area contributed by atoms with Crippen LogP contribution in [0.5, 0.6) is 5.75 Å². The maximum absolute atomic E-state index is 11.9. The fraction of sp³-hybridized carbons (Fsp3) is 0.533. The van der Waals surface area contributed by atoms with Crippen LogP contribution in [0.25, 0.3) is 0 Å². The van der Waals surface area contributed by atoms with Crippen LogP contribution in [0.2, 0.25) is 5.02 Å². The topological polar surface area (TPSA) is 43.8 Å². The zero-order valence-electron chi connectivity index (χ0n) is 12.6. The lowest BCUT2D eigenvalue weighted by atomic mass is 10.1. The van der Waals surface area contributed by atoms with E-state index in [4.69, 9.17) is 11.6 Å². The number of nitrogens with zero attached hydrogens (tertiary/aromatic N) is 2. The molecule has 1 N–H and O–H groups in total. The normalized spacial score (nSPS) is 12.5. The summed E-state index contributed by atoms with van der Waals surface area (Å²) in [5.74, 6) is 0.257. The number of halogens is 1. The number of carbonyl (C=O) groups excluding carboxylic acids is 1. The molecule has 0 saturated heterocycles. The van der Waals surface area contributed by atoms with Gasteiger partial charge in [0.25, 0.3) is 0 Å². The number of aromatic hydroxyl groups is 1. The first-order valence-electron chi connectivity index (χ1n) is 6.79. The Labute approximate surface area is 125 Å². The van der Waals surface area contributed by atoms with E-state index in [2.05, 4.69) is 6.92 Å². The number of amides is 1. The number of carbonyl (C=O) groups is 1. The fourth-order valence-corrected chi connectivity index (χ4v) is 2.25. The number of rotatable bonds is 6. The van der Waals surface area contributed by atoms with Crippen LogP contribution < -0.4 is 0 Å². The molecular weight excluding hydrogens is 276 g/mol. The van der Waals surface area contributed by atoms with E-state index >= 15 is 0 Å². The molecule has 1 aromatic rings. The zero-order chi connectivity index (χ0) is 15.3. The molecule has 0 aliphatic carbocycles. The Kier molecular flexibility index (Phi) is 6.30. The first-order chi connectivity index (χ1) is 9.36. The molecule has 1 unspecified atom stereocenters. The lowest BCUT2D eigenvalue weighted by molar-refractivity contribution is -0.130. The minimum atomic E-state index is -0.0717. The largest absolute Gasteiger partial charge is 0.508 e. The SMILES string of the molecule is CCCN(CC(=O)N(C)C)C(C)c1cc(Cl)ccc1O. The van der Waals surface area contributed by atoms with E-state index in [0.717, 1.165) is 18.5 Å². The molecule has 0 aliphatic rings. The summed E-state index contributed by atoms with van der Waals surface area (Å²) in [5.41, 5.74) is 0.748. The Morgan fingerprint density at radius 2 is 2.05 bits per heavy atom.